The Labute approximate surface area is 123 Å². The van der Waals surface area contributed by atoms with E-state index in [9.17, 15) is 0 Å². The molecule has 112 valence electrons. The second-order valence-electron chi connectivity index (χ2n) is 6.90. The maximum absolute atomic E-state index is 4.82. The van der Waals surface area contributed by atoms with Crippen LogP contribution in [0, 0.1) is 0 Å². The Morgan fingerprint density at radius 1 is 1.30 bits per heavy atom. The lowest BCUT2D eigenvalue weighted by Crippen LogP contribution is -2.50. The fraction of sp³-hybridized carbons (Fsp3) is 0.688. The quantitative estimate of drug-likeness (QED) is 0.916. The number of rotatable bonds is 3. The van der Waals surface area contributed by atoms with Gasteiger partial charge in [0.2, 0.25) is 0 Å². The summed E-state index contributed by atoms with van der Waals surface area (Å²) in [5.74, 6) is 1.11. The van der Waals surface area contributed by atoms with E-state index >= 15 is 0 Å². The molecule has 1 N–H and O–H groups in total. The first-order valence-electron chi connectivity index (χ1n) is 7.51. The minimum atomic E-state index is 0.124. The third-order valence-corrected chi connectivity index (χ3v) is 3.72. The van der Waals surface area contributed by atoms with Gasteiger partial charge in [0.15, 0.2) is 0 Å². The Hall–Kier alpha value is -1.13. The average Bonchev–Trinajstić information content (AvgIpc) is 2.36. The van der Waals surface area contributed by atoms with Gasteiger partial charge in [0.05, 0.1) is 5.69 Å². The molecule has 4 heteroatoms. The highest BCUT2D eigenvalue weighted by molar-refractivity contribution is 5.41. The molecule has 0 saturated carbocycles. The minimum Gasteiger partial charge on any atom is -0.351 e. The van der Waals surface area contributed by atoms with Crippen molar-refractivity contribution in [3.05, 3.63) is 23.9 Å². The van der Waals surface area contributed by atoms with Gasteiger partial charge in [0.1, 0.15) is 5.82 Å². The van der Waals surface area contributed by atoms with E-state index in [4.69, 9.17) is 4.98 Å². The van der Waals surface area contributed by atoms with Gasteiger partial charge in [-0.2, -0.15) is 0 Å². The highest BCUT2D eigenvalue weighted by atomic mass is 15.3. The Morgan fingerprint density at radius 2 is 2.05 bits per heavy atom. The predicted octanol–water partition coefficient (Wildman–Crippen LogP) is 2.11. The number of hydrogen-bond acceptors (Lipinski definition) is 4. The summed E-state index contributed by atoms with van der Waals surface area (Å²) < 4.78 is 0. The third-order valence-electron chi connectivity index (χ3n) is 3.72. The van der Waals surface area contributed by atoms with Gasteiger partial charge in [0.25, 0.3) is 0 Å². The first kappa shape index (κ1) is 15.3. The number of anilines is 1. The summed E-state index contributed by atoms with van der Waals surface area (Å²) >= 11 is 0. The first-order valence-corrected chi connectivity index (χ1v) is 7.51. The number of aromatic nitrogens is 1. The summed E-state index contributed by atoms with van der Waals surface area (Å²) in [5.41, 5.74) is 1.24. The fourth-order valence-corrected chi connectivity index (χ4v) is 2.56. The SMILES string of the molecule is CC1CN(C)CCN1c1cccc(CNC(C)(C)C)n1. The van der Waals surface area contributed by atoms with Crippen LogP contribution in [0.25, 0.3) is 0 Å². The van der Waals surface area contributed by atoms with Crippen molar-refractivity contribution in [1.29, 1.82) is 0 Å². The molecular formula is C16H28N4. The molecule has 1 atom stereocenters. The molecule has 1 aliphatic rings. The molecule has 4 nitrogen and oxygen atoms in total. The fourth-order valence-electron chi connectivity index (χ4n) is 2.56. The zero-order valence-corrected chi connectivity index (χ0v) is 13.5. The Bertz CT molecular complexity index is 438. The van der Waals surface area contributed by atoms with Gasteiger partial charge in [-0.05, 0) is 46.9 Å². The molecule has 1 aromatic heterocycles. The maximum atomic E-state index is 4.82. The number of likely N-dealkylation sites (N-methyl/N-ethyl adjacent to an activating group) is 1. The summed E-state index contributed by atoms with van der Waals surface area (Å²) in [6.07, 6.45) is 0. The van der Waals surface area contributed by atoms with Crippen LogP contribution in [0.15, 0.2) is 18.2 Å². The summed E-state index contributed by atoms with van der Waals surface area (Å²) in [4.78, 5) is 9.62. The Morgan fingerprint density at radius 3 is 2.70 bits per heavy atom. The van der Waals surface area contributed by atoms with E-state index < -0.39 is 0 Å². The van der Waals surface area contributed by atoms with Gasteiger partial charge in [0, 0.05) is 37.8 Å². The van der Waals surface area contributed by atoms with Crippen molar-refractivity contribution in [2.75, 3.05) is 31.6 Å². The van der Waals surface area contributed by atoms with Crippen LogP contribution < -0.4 is 10.2 Å². The van der Waals surface area contributed by atoms with E-state index in [1.165, 1.54) is 0 Å². The molecule has 1 fully saturated rings. The van der Waals surface area contributed by atoms with E-state index in [0.717, 1.165) is 37.7 Å². The van der Waals surface area contributed by atoms with Crippen molar-refractivity contribution in [3.63, 3.8) is 0 Å². The van der Waals surface area contributed by atoms with Gasteiger partial charge in [-0.1, -0.05) is 6.07 Å². The zero-order valence-electron chi connectivity index (χ0n) is 13.5. The molecule has 20 heavy (non-hydrogen) atoms. The second kappa shape index (κ2) is 6.10. The summed E-state index contributed by atoms with van der Waals surface area (Å²) in [6.45, 7) is 12.9. The monoisotopic (exact) mass is 276 g/mol. The summed E-state index contributed by atoms with van der Waals surface area (Å²) in [5, 5.41) is 3.50. The molecule has 1 unspecified atom stereocenters. The molecule has 0 amide bonds. The molecule has 0 aliphatic carbocycles. The molecular weight excluding hydrogens is 248 g/mol. The lowest BCUT2D eigenvalue weighted by molar-refractivity contribution is 0.274. The average molecular weight is 276 g/mol. The van der Waals surface area contributed by atoms with Crippen LogP contribution in [0.1, 0.15) is 33.4 Å². The third kappa shape index (κ3) is 4.18. The lowest BCUT2D eigenvalue weighted by Gasteiger charge is -2.39. The summed E-state index contributed by atoms with van der Waals surface area (Å²) in [6, 6.07) is 6.87. The van der Waals surface area contributed by atoms with Crippen LogP contribution in [0.5, 0.6) is 0 Å². The van der Waals surface area contributed by atoms with Crippen molar-refractivity contribution in [3.8, 4) is 0 Å². The highest BCUT2D eigenvalue weighted by Gasteiger charge is 2.22. The van der Waals surface area contributed by atoms with Gasteiger partial charge in [-0.15, -0.1) is 0 Å². The lowest BCUT2D eigenvalue weighted by atomic mass is 10.1. The molecule has 1 saturated heterocycles. The van der Waals surface area contributed by atoms with Gasteiger partial charge in [-0.25, -0.2) is 4.98 Å². The maximum Gasteiger partial charge on any atom is 0.129 e. The van der Waals surface area contributed by atoms with Gasteiger partial charge in [-0.3, -0.25) is 0 Å². The molecule has 0 bridgehead atoms. The van der Waals surface area contributed by atoms with E-state index in [0.29, 0.717) is 6.04 Å². The van der Waals surface area contributed by atoms with Crippen LogP contribution in [-0.4, -0.2) is 48.1 Å². The van der Waals surface area contributed by atoms with Crippen molar-refractivity contribution in [2.24, 2.45) is 0 Å². The zero-order chi connectivity index (χ0) is 14.8. The first-order chi connectivity index (χ1) is 9.35. The van der Waals surface area contributed by atoms with Crippen LogP contribution in [0.4, 0.5) is 5.82 Å². The highest BCUT2D eigenvalue weighted by Crippen LogP contribution is 2.18. The van der Waals surface area contributed by atoms with Gasteiger partial charge >= 0.3 is 0 Å². The Kier molecular flexibility index (Phi) is 4.66. The number of pyridine rings is 1. The normalized spacial score (nSPS) is 21.2. The van der Waals surface area contributed by atoms with Crippen LogP contribution >= 0.6 is 0 Å². The van der Waals surface area contributed by atoms with Crippen LogP contribution in [-0.2, 0) is 6.54 Å². The van der Waals surface area contributed by atoms with Gasteiger partial charge < -0.3 is 15.1 Å². The second-order valence-corrected chi connectivity index (χ2v) is 6.90. The van der Waals surface area contributed by atoms with Crippen molar-refractivity contribution < 1.29 is 0 Å². The van der Waals surface area contributed by atoms with E-state index in [1.54, 1.807) is 0 Å². The molecule has 1 aromatic rings. The van der Waals surface area contributed by atoms with Crippen molar-refractivity contribution in [1.82, 2.24) is 15.2 Å². The summed E-state index contributed by atoms with van der Waals surface area (Å²) in [7, 11) is 2.19. The van der Waals surface area contributed by atoms with E-state index in [1.807, 2.05) is 0 Å². The molecule has 0 aromatic carbocycles. The van der Waals surface area contributed by atoms with E-state index in [2.05, 4.69) is 68.1 Å². The van der Waals surface area contributed by atoms with Crippen LogP contribution in [0.2, 0.25) is 0 Å². The van der Waals surface area contributed by atoms with Crippen molar-refractivity contribution >= 4 is 5.82 Å². The van der Waals surface area contributed by atoms with E-state index in [-0.39, 0.29) is 5.54 Å². The molecule has 2 rings (SSSR count). The smallest absolute Gasteiger partial charge is 0.129 e. The molecule has 0 radical (unpaired) electrons. The molecule has 2 heterocycles. The van der Waals surface area contributed by atoms with Crippen LogP contribution in [0.3, 0.4) is 0 Å². The number of hydrogen-bond donors (Lipinski definition) is 1. The minimum absolute atomic E-state index is 0.124. The molecule has 1 aliphatic heterocycles. The predicted molar refractivity (Wildman–Crippen MR) is 85.1 cm³/mol. The van der Waals surface area contributed by atoms with Crippen molar-refractivity contribution in [2.45, 2.75) is 45.8 Å². The number of nitrogens with one attached hydrogen (secondary N) is 1. The number of nitrogens with zero attached hydrogens (tertiary/aromatic N) is 3. The largest absolute Gasteiger partial charge is 0.351 e. The number of piperazine rings is 1. The Balaban J connectivity index is 2.05. The topological polar surface area (TPSA) is 31.4 Å². The molecule has 0 spiro atoms. The standard InChI is InChI=1S/C16H28N4/c1-13-12-19(5)9-10-20(13)15-8-6-7-14(18-15)11-17-16(2,3)4/h6-8,13,17H,9-12H2,1-5H3.